The van der Waals surface area contributed by atoms with Gasteiger partial charge < -0.3 is 10.5 Å². The van der Waals surface area contributed by atoms with Gasteiger partial charge in [-0.25, -0.2) is 0 Å². The normalized spacial score (nSPS) is 10.9. The largest absolute Gasteiger partial charge is 0.490 e. The average Bonchev–Trinajstić information content (AvgIpc) is 3.00. The summed E-state index contributed by atoms with van der Waals surface area (Å²) in [5, 5.41) is 6.98. The molecule has 6 heteroatoms. The number of nitrogens with zero attached hydrogens (tertiary/aromatic N) is 2. The van der Waals surface area contributed by atoms with Crippen LogP contribution in [0.3, 0.4) is 0 Å². The summed E-state index contributed by atoms with van der Waals surface area (Å²) in [5.41, 5.74) is 10.6. The molecule has 3 aromatic rings. The number of amides is 1. The van der Waals surface area contributed by atoms with Gasteiger partial charge in [0.1, 0.15) is 5.75 Å². The van der Waals surface area contributed by atoms with E-state index in [1.165, 1.54) is 0 Å². The fourth-order valence-electron chi connectivity index (χ4n) is 2.64. The SMILES string of the molecule is Cc1[nH]ncc1-c1cncc(-c2ccc(C(N)=O)c(OC(C)C)c2)c1. The number of pyridine rings is 1. The van der Waals surface area contributed by atoms with Gasteiger partial charge >= 0.3 is 0 Å². The van der Waals surface area contributed by atoms with Crippen LogP contribution in [0, 0.1) is 6.92 Å². The average molecular weight is 336 g/mol. The first-order chi connectivity index (χ1) is 12.0. The molecule has 0 aliphatic rings. The molecule has 0 spiro atoms. The van der Waals surface area contributed by atoms with Crippen molar-refractivity contribution >= 4 is 5.91 Å². The van der Waals surface area contributed by atoms with Crippen LogP contribution in [0.5, 0.6) is 5.75 Å². The molecule has 0 fully saturated rings. The third kappa shape index (κ3) is 3.52. The summed E-state index contributed by atoms with van der Waals surface area (Å²) in [6, 6.07) is 7.38. The topological polar surface area (TPSA) is 93.9 Å². The Morgan fingerprint density at radius 1 is 1.12 bits per heavy atom. The minimum absolute atomic E-state index is 0.0635. The van der Waals surface area contributed by atoms with E-state index in [1.54, 1.807) is 24.7 Å². The van der Waals surface area contributed by atoms with Crippen molar-refractivity contribution in [1.29, 1.82) is 0 Å². The Bertz CT molecular complexity index is 915. The van der Waals surface area contributed by atoms with Crippen molar-refractivity contribution in [2.75, 3.05) is 0 Å². The van der Waals surface area contributed by atoms with Crippen molar-refractivity contribution in [2.45, 2.75) is 26.9 Å². The number of H-pyrrole nitrogens is 1. The zero-order valence-corrected chi connectivity index (χ0v) is 14.4. The first-order valence-electron chi connectivity index (χ1n) is 8.02. The third-order valence-electron chi connectivity index (χ3n) is 3.82. The van der Waals surface area contributed by atoms with Crippen molar-refractivity contribution in [2.24, 2.45) is 5.73 Å². The number of rotatable bonds is 5. The lowest BCUT2D eigenvalue weighted by Gasteiger charge is -2.14. The molecule has 128 valence electrons. The summed E-state index contributed by atoms with van der Waals surface area (Å²) in [4.78, 5) is 15.9. The smallest absolute Gasteiger partial charge is 0.252 e. The maximum absolute atomic E-state index is 11.6. The second-order valence-electron chi connectivity index (χ2n) is 6.11. The molecule has 25 heavy (non-hydrogen) atoms. The number of primary amides is 1. The second kappa shape index (κ2) is 6.76. The van der Waals surface area contributed by atoms with E-state index in [0.29, 0.717) is 11.3 Å². The Morgan fingerprint density at radius 3 is 2.52 bits per heavy atom. The number of nitrogens with one attached hydrogen (secondary N) is 1. The molecule has 2 heterocycles. The number of carbonyl (C=O) groups is 1. The van der Waals surface area contributed by atoms with Gasteiger partial charge in [-0.05, 0) is 44.5 Å². The molecule has 6 nitrogen and oxygen atoms in total. The number of aromatic amines is 1. The van der Waals surface area contributed by atoms with Crippen molar-refractivity contribution in [3.63, 3.8) is 0 Å². The molecule has 0 bridgehead atoms. The van der Waals surface area contributed by atoms with Crippen LogP contribution in [0.2, 0.25) is 0 Å². The van der Waals surface area contributed by atoms with E-state index in [2.05, 4.69) is 15.2 Å². The molecule has 0 saturated heterocycles. The first-order valence-corrected chi connectivity index (χ1v) is 8.02. The summed E-state index contributed by atoms with van der Waals surface area (Å²) in [6.45, 7) is 5.77. The summed E-state index contributed by atoms with van der Waals surface area (Å²) >= 11 is 0. The van der Waals surface area contributed by atoms with Crippen molar-refractivity contribution in [3.8, 4) is 28.0 Å². The molecule has 0 saturated carbocycles. The zero-order valence-electron chi connectivity index (χ0n) is 14.4. The molecule has 0 radical (unpaired) electrons. The first kappa shape index (κ1) is 16.7. The van der Waals surface area contributed by atoms with E-state index >= 15 is 0 Å². The lowest BCUT2D eigenvalue weighted by atomic mass is 10.0. The van der Waals surface area contributed by atoms with Gasteiger partial charge in [-0.1, -0.05) is 6.07 Å². The third-order valence-corrected chi connectivity index (χ3v) is 3.82. The summed E-state index contributed by atoms with van der Waals surface area (Å²) in [7, 11) is 0. The lowest BCUT2D eigenvalue weighted by molar-refractivity contribution is 0.0994. The molecule has 2 aromatic heterocycles. The minimum Gasteiger partial charge on any atom is -0.490 e. The number of ether oxygens (including phenoxy) is 1. The zero-order chi connectivity index (χ0) is 18.0. The van der Waals surface area contributed by atoms with Crippen LogP contribution in [0.25, 0.3) is 22.3 Å². The molecule has 0 aliphatic heterocycles. The highest BCUT2D eigenvalue weighted by atomic mass is 16.5. The van der Waals surface area contributed by atoms with Gasteiger partial charge in [0, 0.05) is 34.8 Å². The number of benzene rings is 1. The molecular weight excluding hydrogens is 316 g/mol. The van der Waals surface area contributed by atoms with Crippen LogP contribution in [0.4, 0.5) is 0 Å². The lowest BCUT2D eigenvalue weighted by Crippen LogP contribution is -2.15. The molecule has 1 amide bonds. The number of carbonyl (C=O) groups excluding carboxylic acids is 1. The molecule has 0 atom stereocenters. The van der Waals surface area contributed by atoms with Gasteiger partial charge in [0.15, 0.2) is 0 Å². The van der Waals surface area contributed by atoms with Gasteiger partial charge in [-0.2, -0.15) is 5.10 Å². The predicted octanol–water partition coefficient (Wildman–Crippen LogP) is 3.33. The van der Waals surface area contributed by atoms with Crippen LogP contribution >= 0.6 is 0 Å². The Morgan fingerprint density at radius 2 is 1.88 bits per heavy atom. The highest BCUT2D eigenvalue weighted by molar-refractivity contribution is 5.96. The predicted molar refractivity (Wildman–Crippen MR) is 96.3 cm³/mol. The maximum atomic E-state index is 11.6. The van der Waals surface area contributed by atoms with Crippen LogP contribution in [0.1, 0.15) is 29.9 Å². The molecule has 3 N–H and O–H groups in total. The van der Waals surface area contributed by atoms with Gasteiger partial charge in [0.05, 0.1) is 17.9 Å². The standard InChI is InChI=1S/C19H20N4O2/c1-11(2)25-18-7-13(4-5-16(18)19(20)24)14-6-15(9-21-8-14)17-10-22-23-12(17)3/h4-11H,1-3H3,(H2,20,24)(H,22,23). The van der Waals surface area contributed by atoms with Crippen LogP contribution < -0.4 is 10.5 Å². The highest BCUT2D eigenvalue weighted by Crippen LogP contribution is 2.30. The number of nitrogens with two attached hydrogens (primary N) is 1. The summed E-state index contributed by atoms with van der Waals surface area (Å²) in [5.74, 6) is -0.0343. The van der Waals surface area contributed by atoms with Crippen LogP contribution in [-0.4, -0.2) is 27.2 Å². The molecule has 0 aliphatic carbocycles. The monoisotopic (exact) mass is 336 g/mol. The van der Waals surface area contributed by atoms with E-state index in [1.807, 2.05) is 39.0 Å². The Kier molecular flexibility index (Phi) is 4.52. The maximum Gasteiger partial charge on any atom is 0.252 e. The number of aromatic nitrogens is 3. The van der Waals surface area contributed by atoms with E-state index in [4.69, 9.17) is 10.5 Å². The molecule has 1 aromatic carbocycles. The van der Waals surface area contributed by atoms with Gasteiger partial charge in [-0.15, -0.1) is 0 Å². The van der Waals surface area contributed by atoms with E-state index < -0.39 is 5.91 Å². The Hall–Kier alpha value is -3.15. The highest BCUT2D eigenvalue weighted by Gasteiger charge is 2.13. The number of hydrogen-bond donors (Lipinski definition) is 2. The summed E-state index contributed by atoms with van der Waals surface area (Å²) < 4.78 is 5.75. The van der Waals surface area contributed by atoms with Crippen LogP contribution in [-0.2, 0) is 0 Å². The van der Waals surface area contributed by atoms with Crippen molar-refractivity contribution < 1.29 is 9.53 Å². The van der Waals surface area contributed by atoms with E-state index in [9.17, 15) is 4.79 Å². The molecular formula is C19H20N4O2. The quantitative estimate of drug-likeness (QED) is 0.747. The fraction of sp³-hybridized carbons (Fsp3) is 0.211. The second-order valence-corrected chi connectivity index (χ2v) is 6.11. The number of aryl methyl sites for hydroxylation is 1. The Labute approximate surface area is 146 Å². The van der Waals surface area contributed by atoms with Crippen LogP contribution in [0.15, 0.2) is 42.9 Å². The fourth-order valence-corrected chi connectivity index (χ4v) is 2.64. The Balaban J connectivity index is 2.05. The van der Waals surface area contributed by atoms with E-state index in [-0.39, 0.29) is 6.10 Å². The van der Waals surface area contributed by atoms with Crippen molar-refractivity contribution in [3.05, 3.63) is 54.1 Å². The summed E-state index contributed by atoms with van der Waals surface area (Å²) in [6.07, 6.45) is 5.29. The molecule has 3 rings (SSSR count). The van der Waals surface area contributed by atoms with Crippen molar-refractivity contribution in [1.82, 2.24) is 15.2 Å². The van der Waals surface area contributed by atoms with Gasteiger partial charge in [0.2, 0.25) is 0 Å². The minimum atomic E-state index is -0.511. The van der Waals surface area contributed by atoms with E-state index in [0.717, 1.165) is 27.9 Å². The number of hydrogen-bond acceptors (Lipinski definition) is 4. The molecule has 0 unspecified atom stereocenters. The van der Waals surface area contributed by atoms with Gasteiger partial charge in [0.25, 0.3) is 5.91 Å². The van der Waals surface area contributed by atoms with Gasteiger partial charge in [-0.3, -0.25) is 14.9 Å².